The molecule has 3 aromatic rings. The van der Waals surface area contributed by atoms with Crippen LogP contribution in [0.2, 0.25) is 0 Å². The average molecular weight is 433 g/mol. The number of anilines is 1. The average Bonchev–Trinajstić information content (AvgIpc) is 3.16. The third-order valence-electron chi connectivity index (χ3n) is 3.61. The number of halogens is 1. The molecule has 1 heterocycles. The summed E-state index contributed by atoms with van der Waals surface area (Å²) >= 11 is 0.739. The lowest BCUT2D eigenvalue weighted by atomic mass is 10.2. The van der Waals surface area contributed by atoms with E-state index in [0.717, 1.165) is 41.8 Å². The van der Waals surface area contributed by atoms with Gasteiger partial charge in [0.15, 0.2) is 5.13 Å². The first-order chi connectivity index (χ1) is 13.8. The molecular formula is C18H12FN3O5S2. The quantitative estimate of drug-likeness (QED) is 0.360. The van der Waals surface area contributed by atoms with Crippen molar-refractivity contribution in [3.8, 4) is 0 Å². The molecular weight excluding hydrogens is 421 g/mol. The molecule has 0 fully saturated rings. The predicted octanol–water partition coefficient (Wildman–Crippen LogP) is 3.68. The van der Waals surface area contributed by atoms with Gasteiger partial charge in [-0.25, -0.2) is 17.8 Å². The van der Waals surface area contributed by atoms with Gasteiger partial charge in [-0.3, -0.25) is 20.2 Å². The van der Waals surface area contributed by atoms with E-state index in [4.69, 9.17) is 0 Å². The van der Waals surface area contributed by atoms with Gasteiger partial charge < -0.3 is 0 Å². The normalized spacial score (nSPS) is 11.5. The van der Waals surface area contributed by atoms with Gasteiger partial charge >= 0.3 is 0 Å². The monoisotopic (exact) mass is 433 g/mol. The Morgan fingerprint density at radius 1 is 1.21 bits per heavy atom. The van der Waals surface area contributed by atoms with Crippen LogP contribution in [0.1, 0.15) is 5.56 Å². The number of aromatic nitrogens is 1. The van der Waals surface area contributed by atoms with E-state index in [1.165, 1.54) is 30.4 Å². The molecule has 11 heteroatoms. The van der Waals surface area contributed by atoms with E-state index in [1.807, 2.05) is 0 Å². The summed E-state index contributed by atoms with van der Waals surface area (Å²) in [7, 11) is -3.93. The summed E-state index contributed by atoms with van der Waals surface area (Å²) in [5, 5.41) is 13.2. The first-order valence-electron chi connectivity index (χ1n) is 7.96. The Balaban J connectivity index is 1.72. The van der Waals surface area contributed by atoms with Crippen molar-refractivity contribution in [2.75, 3.05) is 5.32 Å². The SMILES string of the molecule is O=C(/C=C/c1cccc(F)c1)Nc1ncc(S(=O)(=O)c2ccc([N+](=O)[O-])cc2)s1. The van der Waals surface area contributed by atoms with E-state index in [1.54, 1.807) is 6.07 Å². The Bertz CT molecular complexity index is 1200. The molecule has 0 bridgehead atoms. The molecule has 2 aromatic carbocycles. The number of rotatable bonds is 6. The number of nitro benzene ring substituents is 1. The number of thiazole rings is 1. The zero-order chi connectivity index (χ0) is 21.0. The molecule has 1 amide bonds. The molecule has 0 aliphatic rings. The molecule has 1 N–H and O–H groups in total. The highest BCUT2D eigenvalue weighted by Crippen LogP contribution is 2.29. The maximum atomic E-state index is 13.1. The third-order valence-corrected chi connectivity index (χ3v) is 6.76. The van der Waals surface area contributed by atoms with Crippen molar-refractivity contribution < 1.29 is 22.5 Å². The summed E-state index contributed by atoms with van der Waals surface area (Å²) in [6.45, 7) is 0. The van der Waals surface area contributed by atoms with Crippen LogP contribution in [0, 0.1) is 15.9 Å². The minimum absolute atomic E-state index is 0.0550. The van der Waals surface area contributed by atoms with Crippen LogP contribution >= 0.6 is 11.3 Å². The number of hydrogen-bond donors (Lipinski definition) is 1. The standard InChI is InChI=1S/C18H12FN3O5S2/c19-13-3-1-2-12(10-13)4-9-16(23)21-18-20-11-17(28-18)29(26,27)15-7-5-14(6-8-15)22(24)25/h1-11H,(H,20,21,23)/b9-4+. The topological polar surface area (TPSA) is 119 Å². The van der Waals surface area contributed by atoms with Crippen LogP contribution in [0.15, 0.2) is 69.9 Å². The minimum atomic E-state index is -3.93. The predicted molar refractivity (Wildman–Crippen MR) is 105 cm³/mol. The molecule has 29 heavy (non-hydrogen) atoms. The first-order valence-corrected chi connectivity index (χ1v) is 10.3. The van der Waals surface area contributed by atoms with E-state index in [9.17, 15) is 27.7 Å². The summed E-state index contributed by atoms with van der Waals surface area (Å²) < 4.78 is 38.2. The number of carbonyl (C=O) groups is 1. The van der Waals surface area contributed by atoms with Crippen LogP contribution in [-0.2, 0) is 14.6 Å². The van der Waals surface area contributed by atoms with Crippen LogP contribution in [0.5, 0.6) is 0 Å². The van der Waals surface area contributed by atoms with Crippen molar-refractivity contribution in [2.45, 2.75) is 9.10 Å². The Hall–Kier alpha value is -3.44. The number of sulfone groups is 1. The Morgan fingerprint density at radius 2 is 1.93 bits per heavy atom. The van der Waals surface area contributed by atoms with Gasteiger partial charge in [0.1, 0.15) is 10.0 Å². The van der Waals surface area contributed by atoms with Gasteiger partial charge in [-0.05, 0) is 35.9 Å². The van der Waals surface area contributed by atoms with E-state index in [2.05, 4.69) is 10.3 Å². The van der Waals surface area contributed by atoms with E-state index < -0.39 is 26.5 Å². The number of carbonyl (C=O) groups excluding carboxylic acids is 1. The van der Waals surface area contributed by atoms with Crippen LogP contribution in [-0.4, -0.2) is 24.2 Å². The van der Waals surface area contributed by atoms with Crippen LogP contribution in [0.4, 0.5) is 15.2 Å². The van der Waals surface area contributed by atoms with E-state index >= 15 is 0 Å². The van der Waals surface area contributed by atoms with Crippen molar-refractivity contribution in [2.24, 2.45) is 0 Å². The second kappa shape index (κ2) is 8.29. The van der Waals surface area contributed by atoms with Gasteiger partial charge in [-0.2, -0.15) is 0 Å². The first kappa shape index (κ1) is 20.3. The van der Waals surface area contributed by atoms with Gasteiger partial charge in [-0.15, -0.1) is 0 Å². The number of non-ortho nitro benzene ring substituents is 1. The van der Waals surface area contributed by atoms with E-state index in [0.29, 0.717) is 5.56 Å². The highest BCUT2D eigenvalue weighted by molar-refractivity contribution is 7.93. The molecule has 0 saturated heterocycles. The Morgan fingerprint density at radius 3 is 2.59 bits per heavy atom. The lowest BCUT2D eigenvalue weighted by Crippen LogP contribution is -2.07. The Kier molecular flexibility index (Phi) is 5.80. The summed E-state index contributed by atoms with van der Waals surface area (Å²) in [5.41, 5.74) is 0.256. The van der Waals surface area contributed by atoms with Gasteiger partial charge in [0.2, 0.25) is 15.7 Å². The fraction of sp³-hybridized carbons (Fsp3) is 0. The van der Waals surface area contributed by atoms with Crippen LogP contribution in [0.25, 0.3) is 6.08 Å². The molecule has 8 nitrogen and oxygen atoms in total. The molecule has 0 aliphatic carbocycles. The molecule has 3 rings (SSSR count). The van der Waals surface area contributed by atoms with E-state index in [-0.39, 0.29) is 19.9 Å². The molecule has 0 unspecified atom stereocenters. The van der Waals surface area contributed by atoms with Gasteiger partial charge in [0.25, 0.3) is 5.69 Å². The number of nitrogens with zero attached hydrogens (tertiary/aromatic N) is 2. The van der Waals surface area contributed by atoms with Crippen molar-refractivity contribution in [1.82, 2.24) is 4.98 Å². The molecule has 1 aromatic heterocycles. The fourth-order valence-electron chi connectivity index (χ4n) is 2.23. The van der Waals surface area contributed by atoms with Crippen LogP contribution in [0.3, 0.4) is 0 Å². The Labute approximate surface area is 168 Å². The molecule has 0 aliphatic heterocycles. The summed E-state index contributed by atoms with van der Waals surface area (Å²) in [6.07, 6.45) is 3.66. The fourth-order valence-corrected chi connectivity index (χ4v) is 4.67. The number of nitro groups is 1. The number of amides is 1. The zero-order valence-electron chi connectivity index (χ0n) is 14.5. The highest BCUT2D eigenvalue weighted by Gasteiger charge is 2.22. The second-order valence-corrected chi connectivity index (χ2v) is 8.82. The molecule has 0 spiro atoms. The smallest absolute Gasteiger partial charge is 0.269 e. The van der Waals surface area contributed by atoms with Crippen molar-refractivity contribution in [1.29, 1.82) is 0 Å². The zero-order valence-corrected chi connectivity index (χ0v) is 16.1. The number of benzene rings is 2. The van der Waals surface area contributed by atoms with Gasteiger partial charge in [0.05, 0.1) is 16.0 Å². The number of nitrogens with one attached hydrogen (secondary N) is 1. The van der Waals surface area contributed by atoms with Crippen LogP contribution < -0.4 is 5.32 Å². The molecule has 148 valence electrons. The lowest BCUT2D eigenvalue weighted by molar-refractivity contribution is -0.384. The highest BCUT2D eigenvalue weighted by atomic mass is 32.2. The maximum Gasteiger partial charge on any atom is 0.269 e. The molecule has 0 atom stereocenters. The number of hydrogen-bond acceptors (Lipinski definition) is 7. The third kappa shape index (κ3) is 4.89. The molecule has 0 saturated carbocycles. The van der Waals surface area contributed by atoms with Crippen molar-refractivity contribution >= 4 is 44.0 Å². The lowest BCUT2D eigenvalue weighted by Gasteiger charge is -2.00. The van der Waals surface area contributed by atoms with Crippen molar-refractivity contribution in [3.05, 3.63) is 82.3 Å². The molecule has 0 radical (unpaired) electrons. The van der Waals surface area contributed by atoms with Crippen molar-refractivity contribution in [3.63, 3.8) is 0 Å². The largest absolute Gasteiger partial charge is 0.298 e. The van der Waals surface area contributed by atoms with Gasteiger partial charge in [-0.1, -0.05) is 23.5 Å². The summed E-state index contributed by atoms with van der Waals surface area (Å²) in [6, 6.07) is 10.1. The second-order valence-electron chi connectivity index (χ2n) is 5.62. The summed E-state index contributed by atoms with van der Waals surface area (Å²) in [4.78, 5) is 25.8. The van der Waals surface area contributed by atoms with Gasteiger partial charge in [0, 0.05) is 18.2 Å². The minimum Gasteiger partial charge on any atom is -0.298 e. The summed E-state index contributed by atoms with van der Waals surface area (Å²) in [5.74, 6) is -1.00. The maximum absolute atomic E-state index is 13.1.